The first-order valence-electron chi connectivity index (χ1n) is 7.74. The average molecular weight is 282 g/mol. The summed E-state index contributed by atoms with van der Waals surface area (Å²) in [5.41, 5.74) is 2.33. The van der Waals surface area contributed by atoms with Crippen molar-refractivity contribution in [2.45, 2.75) is 65.2 Å². The first-order valence-corrected chi connectivity index (χ1v) is 8.12. The molecule has 1 nitrogen and oxygen atoms in total. The molecule has 108 valence electrons. The van der Waals surface area contributed by atoms with Crippen LogP contribution >= 0.6 is 11.6 Å². The zero-order valence-corrected chi connectivity index (χ0v) is 13.2. The lowest BCUT2D eigenvalue weighted by atomic mass is 10.1. The average Bonchev–Trinajstić information content (AvgIpc) is 2.41. The third-order valence-electron chi connectivity index (χ3n) is 3.61. The van der Waals surface area contributed by atoms with Crippen molar-refractivity contribution < 1.29 is 0 Å². The van der Waals surface area contributed by atoms with Gasteiger partial charge in [-0.3, -0.25) is 0 Å². The maximum atomic E-state index is 6.10. The van der Waals surface area contributed by atoms with Crippen molar-refractivity contribution >= 4 is 17.3 Å². The minimum absolute atomic E-state index is 0.848. The summed E-state index contributed by atoms with van der Waals surface area (Å²) in [4.78, 5) is 0. The van der Waals surface area contributed by atoms with Crippen LogP contribution in [0.2, 0.25) is 5.02 Å². The molecule has 0 heterocycles. The summed E-state index contributed by atoms with van der Waals surface area (Å²) < 4.78 is 0. The van der Waals surface area contributed by atoms with Crippen molar-refractivity contribution in [3.63, 3.8) is 0 Å². The Morgan fingerprint density at radius 2 is 1.58 bits per heavy atom. The van der Waals surface area contributed by atoms with E-state index in [-0.39, 0.29) is 0 Å². The summed E-state index contributed by atoms with van der Waals surface area (Å²) in [6.07, 6.45) is 10.9. The molecule has 0 spiro atoms. The smallest absolute Gasteiger partial charge is 0.0455 e. The van der Waals surface area contributed by atoms with E-state index >= 15 is 0 Å². The zero-order valence-electron chi connectivity index (χ0n) is 12.5. The Kier molecular flexibility index (Phi) is 8.73. The van der Waals surface area contributed by atoms with Gasteiger partial charge in [-0.1, -0.05) is 69.5 Å². The van der Waals surface area contributed by atoms with Crippen molar-refractivity contribution in [1.82, 2.24) is 0 Å². The molecular weight excluding hydrogens is 254 g/mol. The highest BCUT2D eigenvalue weighted by Crippen LogP contribution is 2.22. The van der Waals surface area contributed by atoms with Crippen molar-refractivity contribution in [2.75, 3.05) is 11.9 Å². The van der Waals surface area contributed by atoms with Gasteiger partial charge in [0.05, 0.1) is 0 Å². The molecule has 0 aliphatic carbocycles. The molecule has 0 saturated carbocycles. The largest absolute Gasteiger partial charge is 0.385 e. The molecule has 0 bridgehead atoms. The van der Waals surface area contributed by atoms with Crippen LogP contribution in [-0.2, 0) is 0 Å². The fraction of sp³-hybridized carbons (Fsp3) is 0.647. The van der Waals surface area contributed by atoms with Crippen LogP contribution in [0.3, 0.4) is 0 Å². The summed E-state index contributed by atoms with van der Waals surface area (Å²) in [6, 6.07) is 6.05. The Labute approximate surface area is 123 Å². The van der Waals surface area contributed by atoms with Crippen LogP contribution in [0.5, 0.6) is 0 Å². The highest BCUT2D eigenvalue weighted by molar-refractivity contribution is 6.31. The minimum Gasteiger partial charge on any atom is -0.385 e. The van der Waals surface area contributed by atoms with Gasteiger partial charge in [0, 0.05) is 17.3 Å². The Morgan fingerprint density at radius 1 is 0.947 bits per heavy atom. The number of hydrogen-bond donors (Lipinski definition) is 1. The lowest BCUT2D eigenvalue weighted by Crippen LogP contribution is -2.03. The molecule has 0 aromatic heterocycles. The van der Waals surface area contributed by atoms with Gasteiger partial charge in [0.25, 0.3) is 0 Å². The Bertz CT molecular complexity index is 349. The summed E-state index contributed by atoms with van der Waals surface area (Å²) >= 11 is 6.10. The van der Waals surface area contributed by atoms with Gasteiger partial charge < -0.3 is 5.32 Å². The molecule has 0 saturated heterocycles. The number of nitrogens with one attached hydrogen (secondary N) is 1. The highest BCUT2D eigenvalue weighted by Gasteiger charge is 2.00. The van der Waals surface area contributed by atoms with Crippen LogP contribution in [-0.4, -0.2) is 6.54 Å². The number of anilines is 1. The summed E-state index contributed by atoms with van der Waals surface area (Å²) in [5.74, 6) is 0. The number of unbranched alkanes of at least 4 members (excludes halogenated alkanes) is 7. The van der Waals surface area contributed by atoms with Crippen LogP contribution in [0, 0.1) is 6.92 Å². The van der Waals surface area contributed by atoms with E-state index in [9.17, 15) is 0 Å². The first kappa shape index (κ1) is 16.4. The predicted octanol–water partition coefficient (Wildman–Crippen LogP) is 6.20. The van der Waals surface area contributed by atoms with Crippen LogP contribution in [0.25, 0.3) is 0 Å². The molecule has 0 aliphatic rings. The SMILES string of the molecule is CCCCCCCCCCNc1cccc(Cl)c1C. The summed E-state index contributed by atoms with van der Waals surface area (Å²) in [7, 11) is 0. The van der Waals surface area contributed by atoms with Crippen LogP contribution in [0.4, 0.5) is 5.69 Å². The Morgan fingerprint density at radius 3 is 2.26 bits per heavy atom. The number of benzene rings is 1. The van der Waals surface area contributed by atoms with Crippen molar-refractivity contribution in [3.05, 3.63) is 28.8 Å². The van der Waals surface area contributed by atoms with E-state index in [1.807, 2.05) is 12.1 Å². The molecule has 0 amide bonds. The lowest BCUT2D eigenvalue weighted by molar-refractivity contribution is 0.581. The fourth-order valence-electron chi connectivity index (χ4n) is 2.28. The van der Waals surface area contributed by atoms with Crippen molar-refractivity contribution in [1.29, 1.82) is 0 Å². The maximum Gasteiger partial charge on any atom is 0.0455 e. The predicted molar refractivity (Wildman–Crippen MR) is 87.3 cm³/mol. The molecule has 2 heteroatoms. The van der Waals surface area contributed by atoms with Crippen LogP contribution in [0.1, 0.15) is 63.9 Å². The monoisotopic (exact) mass is 281 g/mol. The molecule has 1 rings (SSSR count). The number of hydrogen-bond acceptors (Lipinski definition) is 1. The third kappa shape index (κ3) is 6.87. The molecule has 0 aliphatic heterocycles. The molecule has 1 N–H and O–H groups in total. The molecule has 0 unspecified atom stereocenters. The molecular formula is C17H28ClN. The van der Waals surface area contributed by atoms with Gasteiger partial charge >= 0.3 is 0 Å². The normalized spacial score (nSPS) is 10.7. The van der Waals surface area contributed by atoms with E-state index < -0.39 is 0 Å². The van der Waals surface area contributed by atoms with E-state index in [0.29, 0.717) is 0 Å². The van der Waals surface area contributed by atoms with Crippen LogP contribution in [0.15, 0.2) is 18.2 Å². The van der Waals surface area contributed by atoms with E-state index in [4.69, 9.17) is 11.6 Å². The summed E-state index contributed by atoms with van der Waals surface area (Å²) in [6.45, 7) is 5.39. The quantitative estimate of drug-likeness (QED) is 0.503. The van der Waals surface area contributed by atoms with E-state index in [1.165, 1.54) is 57.1 Å². The second kappa shape index (κ2) is 10.1. The van der Waals surface area contributed by atoms with Gasteiger partial charge in [0.1, 0.15) is 0 Å². The minimum atomic E-state index is 0.848. The molecule has 1 aromatic carbocycles. The topological polar surface area (TPSA) is 12.0 Å². The second-order valence-corrected chi connectivity index (χ2v) is 5.72. The molecule has 0 atom stereocenters. The van der Waals surface area contributed by atoms with Crippen molar-refractivity contribution in [3.8, 4) is 0 Å². The van der Waals surface area contributed by atoms with Gasteiger partial charge in [-0.25, -0.2) is 0 Å². The fourth-order valence-corrected chi connectivity index (χ4v) is 2.46. The molecule has 0 fully saturated rings. The van der Waals surface area contributed by atoms with E-state index in [1.54, 1.807) is 0 Å². The standard InChI is InChI=1S/C17H28ClN/c1-3-4-5-6-7-8-9-10-14-19-17-13-11-12-16(18)15(17)2/h11-13,19H,3-10,14H2,1-2H3. The van der Waals surface area contributed by atoms with Gasteiger partial charge in [-0.05, 0) is 31.0 Å². The Hall–Kier alpha value is -0.690. The van der Waals surface area contributed by atoms with E-state index in [0.717, 1.165) is 17.1 Å². The summed E-state index contributed by atoms with van der Waals surface area (Å²) in [5, 5.41) is 4.33. The van der Waals surface area contributed by atoms with Crippen molar-refractivity contribution in [2.24, 2.45) is 0 Å². The first-order chi connectivity index (χ1) is 9.25. The number of rotatable bonds is 10. The zero-order chi connectivity index (χ0) is 13.9. The second-order valence-electron chi connectivity index (χ2n) is 5.31. The van der Waals surface area contributed by atoms with E-state index in [2.05, 4.69) is 25.2 Å². The van der Waals surface area contributed by atoms with Gasteiger partial charge in [0.15, 0.2) is 0 Å². The van der Waals surface area contributed by atoms with Gasteiger partial charge in [0.2, 0.25) is 0 Å². The van der Waals surface area contributed by atoms with Gasteiger partial charge in [-0.2, -0.15) is 0 Å². The Balaban J connectivity index is 2.03. The van der Waals surface area contributed by atoms with Gasteiger partial charge in [-0.15, -0.1) is 0 Å². The molecule has 1 aromatic rings. The highest BCUT2D eigenvalue weighted by atomic mass is 35.5. The maximum absolute atomic E-state index is 6.10. The van der Waals surface area contributed by atoms with Crippen LogP contribution < -0.4 is 5.32 Å². The molecule has 0 radical (unpaired) electrons. The lowest BCUT2D eigenvalue weighted by Gasteiger charge is -2.10. The number of halogens is 1. The third-order valence-corrected chi connectivity index (χ3v) is 4.02. The molecule has 19 heavy (non-hydrogen) atoms.